The second kappa shape index (κ2) is 7.50. The predicted molar refractivity (Wildman–Crippen MR) is 111 cm³/mol. The van der Waals surface area contributed by atoms with Gasteiger partial charge in [-0.2, -0.15) is 0 Å². The Balaban J connectivity index is 1.60. The van der Waals surface area contributed by atoms with Crippen molar-refractivity contribution in [2.45, 2.75) is 85.0 Å². The van der Waals surface area contributed by atoms with Crippen molar-refractivity contribution in [3.63, 3.8) is 0 Å². The highest BCUT2D eigenvalue weighted by Gasteiger charge is 2.65. The van der Waals surface area contributed by atoms with Gasteiger partial charge in [-0.25, -0.2) is 0 Å². The van der Waals surface area contributed by atoms with Gasteiger partial charge in [0.05, 0.1) is 7.11 Å². The largest absolute Gasteiger partial charge is 0.469 e. The Labute approximate surface area is 175 Å². The molecule has 4 aliphatic carbocycles. The average Bonchev–Trinajstić information content (AvgIpc) is 3.05. The van der Waals surface area contributed by atoms with E-state index < -0.39 is 5.41 Å². The molecule has 0 spiro atoms. The molecule has 4 heteroatoms. The molecule has 0 radical (unpaired) electrons. The minimum atomic E-state index is -0.399. The zero-order valence-electron chi connectivity index (χ0n) is 18.7. The molecule has 0 aliphatic heterocycles. The van der Waals surface area contributed by atoms with Gasteiger partial charge in [-0.15, -0.1) is 0 Å². The fourth-order valence-electron chi connectivity index (χ4n) is 8.28. The Bertz CT molecular complexity index is 699. The molecule has 8 atom stereocenters. The molecule has 0 unspecified atom stereocenters. The zero-order chi connectivity index (χ0) is 21.0. The average molecular weight is 403 g/mol. The van der Waals surface area contributed by atoms with Crippen LogP contribution in [0, 0.1) is 46.3 Å². The lowest BCUT2D eigenvalue weighted by atomic mass is 9.44. The van der Waals surface area contributed by atoms with E-state index in [4.69, 9.17) is 4.74 Å². The van der Waals surface area contributed by atoms with E-state index in [0.717, 1.165) is 32.1 Å². The van der Waals surface area contributed by atoms with E-state index in [9.17, 15) is 14.4 Å². The molecule has 0 saturated heterocycles. The standard InChI is InChI=1S/C25H38O4/c1-15(8-11-22(28)29-4)17-9-10-18-23-19(14-21(27)25(17,18)3)24(2)12-6-5-7-16(24)13-20(23)26/h15-19,23H,5-14H2,1-4H3/t15-,16-,17+,18-,19-,23-,24-,25+/m0/s1. The monoisotopic (exact) mass is 402 g/mol. The zero-order valence-corrected chi connectivity index (χ0v) is 18.7. The molecule has 4 aliphatic rings. The number of esters is 1. The Hall–Kier alpha value is -1.19. The van der Waals surface area contributed by atoms with Crippen LogP contribution in [-0.4, -0.2) is 24.6 Å². The van der Waals surface area contributed by atoms with Gasteiger partial charge in [0.15, 0.2) is 0 Å². The summed E-state index contributed by atoms with van der Waals surface area (Å²) in [5.41, 5.74) is -0.230. The quantitative estimate of drug-likeness (QED) is 0.622. The van der Waals surface area contributed by atoms with E-state index in [-0.39, 0.29) is 35.1 Å². The molecule has 4 rings (SSSR count). The Morgan fingerprint density at radius 3 is 2.59 bits per heavy atom. The number of ketones is 2. The van der Waals surface area contributed by atoms with Gasteiger partial charge in [-0.1, -0.05) is 33.6 Å². The van der Waals surface area contributed by atoms with Crippen molar-refractivity contribution in [3.05, 3.63) is 0 Å². The summed E-state index contributed by atoms with van der Waals surface area (Å²) in [5.74, 6) is 2.26. The first-order valence-electron chi connectivity index (χ1n) is 11.9. The van der Waals surface area contributed by atoms with Crippen LogP contribution in [0.4, 0.5) is 0 Å². The van der Waals surface area contributed by atoms with Gasteiger partial charge >= 0.3 is 5.97 Å². The highest BCUT2D eigenvalue weighted by atomic mass is 16.5. The molecule has 4 nitrogen and oxygen atoms in total. The molecule has 0 aromatic carbocycles. The Morgan fingerprint density at radius 1 is 1.10 bits per heavy atom. The van der Waals surface area contributed by atoms with Crippen molar-refractivity contribution in [3.8, 4) is 0 Å². The lowest BCUT2D eigenvalue weighted by molar-refractivity contribution is -0.165. The van der Waals surface area contributed by atoms with E-state index >= 15 is 0 Å². The Kier molecular flexibility index (Phi) is 5.44. The SMILES string of the molecule is COC(=O)CC[C@H](C)[C@H]1CC[C@H]2[C@@H]3C(=O)C[C@@H]4CCCC[C@]4(C)[C@H]3CC(=O)[C@]12C. The minimum Gasteiger partial charge on any atom is -0.469 e. The van der Waals surface area contributed by atoms with Crippen molar-refractivity contribution in [1.82, 2.24) is 0 Å². The summed E-state index contributed by atoms with van der Waals surface area (Å²) in [6.07, 6.45) is 9.32. The van der Waals surface area contributed by atoms with Gasteiger partial charge < -0.3 is 4.74 Å². The van der Waals surface area contributed by atoms with Crippen LogP contribution < -0.4 is 0 Å². The highest BCUT2D eigenvalue weighted by Crippen LogP contribution is 2.66. The number of hydrogen-bond acceptors (Lipinski definition) is 4. The van der Waals surface area contributed by atoms with Gasteiger partial charge in [-0.3, -0.25) is 14.4 Å². The van der Waals surface area contributed by atoms with E-state index in [1.54, 1.807) is 0 Å². The third-order valence-electron chi connectivity index (χ3n) is 10.0. The van der Waals surface area contributed by atoms with Crippen molar-refractivity contribution in [2.24, 2.45) is 46.3 Å². The van der Waals surface area contributed by atoms with Crippen molar-refractivity contribution < 1.29 is 19.1 Å². The minimum absolute atomic E-state index is 0.0786. The van der Waals surface area contributed by atoms with Crippen LogP contribution in [0.25, 0.3) is 0 Å². The molecular weight excluding hydrogens is 364 g/mol. The van der Waals surface area contributed by atoms with Crippen LogP contribution in [0.1, 0.15) is 85.0 Å². The number of methoxy groups -OCH3 is 1. The van der Waals surface area contributed by atoms with E-state index in [0.29, 0.717) is 36.2 Å². The molecule has 0 N–H and O–H groups in total. The molecule has 0 amide bonds. The van der Waals surface area contributed by atoms with Crippen LogP contribution in [0.5, 0.6) is 0 Å². The molecule has 0 bridgehead atoms. The fourth-order valence-corrected chi connectivity index (χ4v) is 8.28. The molecule has 4 saturated carbocycles. The van der Waals surface area contributed by atoms with Crippen molar-refractivity contribution >= 4 is 17.5 Å². The van der Waals surface area contributed by atoms with Crippen LogP contribution in [0.3, 0.4) is 0 Å². The summed E-state index contributed by atoms with van der Waals surface area (Å²) in [4.78, 5) is 38.7. The van der Waals surface area contributed by atoms with Gasteiger partial charge in [0, 0.05) is 30.6 Å². The fraction of sp³-hybridized carbons (Fsp3) is 0.880. The van der Waals surface area contributed by atoms with Crippen LogP contribution in [0.2, 0.25) is 0 Å². The number of carbonyl (C=O) groups is 3. The van der Waals surface area contributed by atoms with Crippen LogP contribution in [-0.2, 0) is 19.1 Å². The number of hydrogen-bond donors (Lipinski definition) is 0. The maximum absolute atomic E-state index is 13.7. The first-order valence-corrected chi connectivity index (χ1v) is 11.9. The topological polar surface area (TPSA) is 60.4 Å². The number of rotatable bonds is 4. The first-order chi connectivity index (χ1) is 13.7. The number of ether oxygens (including phenoxy) is 1. The number of fused-ring (bicyclic) bond motifs is 5. The van der Waals surface area contributed by atoms with Gasteiger partial charge in [0.2, 0.25) is 0 Å². The van der Waals surface area contributed by atoms with E-state index in [1.165, 1.54) is 26.4 Å². The first kappa shape index (κ1) is 21.1. The summed E-state index contributed by atoms with van der Waals surface area (Å²) in [6, 6.07) is 0. The van der Waals surface area contributed by atoms with E-state index in [2.05, 4.69) is 20.8 Å². The molecule has 0 heterocycles. The number of Topliss-reactive ketones (excluding diaryl/α,β-unsaturated/α-hetero) is 2. The predicted octanol–water partition coefficient (Wildman–Crippen LogP) is 4.98. The summed E-state index contributed by atoms with van der Waals surface area (Å²) in [5, 5.41) is 0. The third-order valence-corrected chi connectivity index (χ3v) is 10.0. The summed E-state index contributed by atoms with van der Waals surface area (Å²) in [7, 11) is 1.43. The van der Waals surface area contributed by atoms with E-state index in [1.807, 2.05) is 0 Å². The summed E-state index contributed by atoms with van der Waals surface area (Å²) in [6.45, 7) is 6.73. The highest BCUT2D eigenvalue weighted by molar-refractivity contribution is 5.92. The smallest absolute Gasteiger partial charge is 0.305 e. The van der Waals surface area contributed by atoms with Gasteiger partial charge in [-0.05, 0) is 67.1 Å². The molecule has 29 heavy (non-hydrogen) atoms. The molecular formula is C25H38O4. The maximum Gasteiger partial charge on any atom is 0.305 e. The molecule has 162 valence electrons. The molecule has 0 aromatic rings. The maximum atomic E-state index is 13.7. The van der Waals surface area contributed by atoms with Crippen molar-refractivity contribution in [2.75, 3.05) is 7.11 Å². The lowest BCUT2D eigenvalue weighted by Crippen LogP contribution is -2.59. The summed E-state index contributed by atoms with van der Waals surface area (Å²) < 4.78 is 4.81. The molecule has 0 aromatic heterocycles. The van der Waals surface area contributed by atoms with Gasteiger partial charge in [0.25, 0.3) is 0 Å². The van der Waals surface area contributed by atoms with Crippen LogP contribution in [0.15, 0.2) is 0 Å². The second-order valence-corrected chi connectivity index (χ2v) is 11.0. The number of carbonyl (C=O) groups excluding carboxylic acids is 3. The third kappa shape index (κ3) is 3.11. The second-order valence-electron chi connectivity index (χ2n) is 11.0. The Morgan fingerprint density at radius 2 is 1.86 bits per heavy atom. The summed E-state index contributed by atoms with van der Waals surface area (Å²) >= 11 is 0. The van der Waals surface area contributed by atoms with Crippen LogP contribution >= 0.6 is 0 Å². The lowest BCUT2D eigenvalue weighted by Gasteiger charge is -2.59. The molecule has 4 fully saturated rings. The van der Waals surface area contributed by atoms with Crippen molar-refractivity contribution in [1.29, 1.82) is 0 Å². The normalized spacial score (nSPS) is 45.2. The van der Waals surface area contributed by atoms with Gasteiger partial charge in [0.1, 0.15) is 11.6 Å².